The molecule has 1 aliphatic heterocycles. The summed E-state index contributed by atoms with van der Waals surface area (Å²) in [5.41, 5.74) is 0.237. The zero-order valence-electron chi connectivity index (χ0n) is 16.9. The van der Waals surface area contributed by atoms with Gasteiger partial charge in [0.15, 0.2) is 0 Å². The number of urea groups is 1. The standard InChI is InChI=1S/C21H18Cl2F3N3O3/c1-3-27-19(31)28-18(30)16-5-4-12(6-11(16)2)17-10-20(32-29-17,21(24,25)26)13-7-14(22)9-15(23)8-13/h4-10,29H,3H2,1-2H3,(H2,27,28,30,31). The summed E-state index contributed by atoms with van der Waals surface area (Å²) in [5, 5.41) is 4.67. The fourth-order valence-electron chi connectivity index (χ4n) is 3.21. The Hall–Kier alpha value is -2.75. The van der Waals surface area contributed by atoms with E-state index in [-0.39, 0.29) is 26.9 Å². The first-order valence-electron chi connectivity index (χ1n) is 9.37. The monoisotopic (exact) mass is 487 g/mol. The number of rotatable bonds is 4. The highest BCUT2D eigenvalue weighted by Gasteiger charge is 2.59. The molecule has 1 heterocycles. The van der Waals surface area contributed by atoms with Gasteiger partial charge in [-0.1, -0.05) is 29.3 Å². The number of carbonyl (C=O) groups excluding carboxylic acids is 2. The van der Waals surface area contributed by atoms with Gasteiger partial charge in [-0.2, -0.15) is 13.2 Å². The Balaban J connectivity index is 1.97. The van der Waals surface area contributed by atoms with Crippen molar-refractivity contribution in [3.8, 4) is 0 Å². The van der Waals surface area contributed by atoms with Crippen molar-refractivity contribution < 1.29 is 27.6 Å². The minimum atomic E-state index is -4.84. The van der Waals surface area contributed by atoms with Crippen molar-refractivity contribution in [2.24, 2.45) is 0 Å². The van der Waals surface area contributed by atoms with Crippen LogP contribution in [-0.4, -0.2) is 24.7 Å². The minimum absolute atomic E-state index is 0.0277. The van der Waals surface area contributed by atoms with E-state index in [0.717, 1.165) is 18.2 Å². The summed E-state index contributed by atoms with van der Waals surface area (Å²) >= 11 is 11.8. The molecule has 3 rings (SSSR count). The number of amides is 3. The molecule has 2 aromatic carbocycles. The number of hydrogen-bond donors (Lipinski definition) is 3. The lowest BCUT2D eigenvalue weighted by molar-refractivity contribution is -0.269. The SMILES string of the molecule is CCNC(=O)NC(=O)c1ccc(C2=CC(c3cc(Cl)cc(Cl)c3)(C(F)(F)F)ON2)cc1C. The molecule has 2 aromatic rings. The number of nitrogens with one attached hydrogen (secondary N) is 3. The summed E-state index contributed by atoms with van der Waals surface area (Å²) in [7, 11) is 0. The molecule has 170 valence electrons. The third-order valence-electron chi connectivity index (χ3n) is 4.73. The highest BCUT2D eigenvalue weighted by Crippen LogP contribution is 2.48. The van der Waals surface area contributed by atoms with Crippen molar-refractivity contribution in [1.82, 2.24) is 16.1 Å². The zero-order valence-corrected chi connectivity index (χ0v) is 18.4. The van der Waals surface area contributed by atoms with Crippen molar-refractivity contribution >= 4 is 40.8 Å². The van der Waals surface area contributed by atoms with Gasteiger partial charge < -0.3 is 5.32 Å². The zero-order chi connectivity index (χ0) is 23.7. The lowest BCUT2D eigenvalue weighted by atomic mass is 9.91. The Bertz CT molecular complexity index is 1090. The minimum Gasteiger partial charge on any atom is -0.338 e. The predicted molar refractivity (Wildman–Crippen MR) is 114 cm³/mol. The maximum absolute atomic E-state index is 14.1. The Morgan fingerprint density at radius 3 is 2.34 bits per heavy atom. The van der Waals surface area contributed by atoms with Crippen molar-refractivity contribution in [3.05, 3.63) is 74.8 Å². The van der Waals surface area contributed by atoms with Crippen LogP contribution in [-0.2, 0) is 10.4 Å². The average Bonchev–Trinajstić information content (AvgIpc) is 3.14. The van der Waals surface area contributed by atoms with Crippen LogP contribution in [0.1, 0.15) is 34.0 Å². The molecule has 0 bridgehead atoms. The summed E-state index contributed by atoms with van der Waals surface area (Å²) in [6.45, 7) is 3.64. The molecule has 32 heavy (non-hydrogen) atoms. The van der Waals surface area contributed by atoms with Crippen LogP contribution in [0, 0.1) is 6.92 Å². The third-order valence-corrected chi connectivity index (χ3v) is 5.16. The maximum Gasteiger partial charge on any atom is 0.428 e. The quantitative estimate of drug-likeness (QED) is 0.560. The fourth-order valence-corrected chi connectivity index (χ4v) is 3.74. The topological polar surface area (TPSA) is 79.5 Å². The van der Waals surface area contributed by atoms with Crippen LogP contribution in [0.2, 0.25) is 10.0 Å². The van der Waals surface area contributed by atoms with E-state index in [9.17, 15) is 22.8 Å². The first-order valence-corrected chi connectivity index (χ1v) is 10.1. The van der Waals surface area contributed by atoms with Crippen LogP contribution < -0.4 is 16.1 Å². The molecule has 0 fully saturated rings. The third kappa shape index (κ3) is 4.69. The molecule has 0 radical (unpaired) electrons. The highest BCUT2D eigenvalue weighted by atomic mass is 35.5. The van der Waals surface area contributed by atoms with Crippen molar-refractivity contribution in [3.63, 3.8) is 0 Å². The molecule has 3 N–H and O–H groups in total. The molecule has 3 amide bonds. The van der Waals surface area contributed by atoms with E-state index in [1.165, 1.54) is 24.3 Å². The van der Waals surface area contributed by atoms with Crippen LogP contribution in [0.5, 0.6) is 0 Å². The second-order valence-corrected chi connectivity index (χ2v) is 7.87. The second kappa shape index (κ2) is 9.01. The van der Waals surface area contributed by atoms with Crippen molar-refractivity contribution in [2.75, 3.05) is 6.54 Å². The molecule has 0 spiro atoms. The van der Waals surface area contributed by atoms with Gasteiger partial charge in [-0.25, -0.2) is 4.79 Å². The maximum atomic E-state index is 14.1. The predicted octanol–water partition coefficient (Wildman–Crippen LogP) is 5.09. The van der Waals surface area contributed by atoms with Crippen LogP contribution in [0.3, 0.4) is 0 Å². The number of alkyl halides is 3. The summed E-state index contributed by atoms with van der Waals surface area (Å²) in [4.78, 5) is 28.9. The fraction of sp³-hybridized carbons (Fsp3) is 0.238. The molecule has 6 nitrogen and oxygen atoms in total. The number of imide groups is 1. The Morgan fingerprint density at radius 1 is 1.12 bits per heavy atom. The van der Waals surface area contributed by atoms with E-state index in [1.807, 2.05) is 0 Å². The number of halogens is 5. The van der Waals surface area contributed by atoms with Gasteiger partial charge in [0.2, 0.25) is 5.60 Å². The van der Waals surface area contributed by atoms with Gasteiger partial charge in [0.05, 0.1) is 5.70 Å². The molecule has 11 heteroatoms. The number of hydroxylamine groups is 1. The van der Waals surface area contributed by atoms with Crippen LogP contribution in [0.25, 0.3) is 5.70 Å². The summed E-state index contributed by atoms with van der Waals surface area (Å²) in [6, 6.07) is 7.28. The normalized spacial score (nSPS) is 18.0. The molecular weight excluding hydrogens is 470 g/mol. The molecule has 0 aromatic heterocycles. The van der Waals surface area contributed by atoms with Gasteiger partial charge in [0.1, 0.15) is 0 Å². The Kier molecular flexibility index (Phi) is 6.73. The average molecular weight is 488 g/mol. The summed E-state index contributed by atoms with van der Waals surface area (Å²) in [6.07, 6.45) is -3.95. The molecule has 1 atom stereocenters. The van der Waals surface area contributed by atoms with E-state index >= 15 is 0 Å². The number of carbonyl (C=O) groups is 2. The van der Waals surface area contributed by atoms with E-state index in [2.05, 4.69) is 16.1 Å². The molecule has 1 aliphatic rings. The Labute approximate surface area is 191 Å². The Morgan fingerprint density at radius 2 is 1.78 bits per heavy atom. The smallest absolute Gasteiger partial charge is 0.338 e. The molecule has 1 unspecified atom stereocenters. The number of benzene rings is 2. The van der Waals surface area contributed by atoms with Crippen LogP contribution in [0.15, 0.2) is 42.5 Å². The molecule has 0 saturated carbocycles. The van der Waals surface area contributed by atoms with Crippen LogP contribution in [0.4, 0.5) is 18.0 Å². The van der Waals surface area contributed by atoms with Gasteiger partial charge >= 0.3 is 12.2 Å². The first-order chi connectivity index (χ1) is 15.0. The van der Waals surface area contributed by atoms with E-state index < -0.39 is 23.7 Å². The first kappa shape index (κ1) is 23.9. The number of aryl methyl sites for hydroxylation is 1. The summed E-state index contributed by atoms with van der Waals surface area (Å²) in [5.74, 6) is -0.636. The van der Waals surface area contributed by atoms with Gasteiger partial charge in [0, 0.05) is 27.7 Å². The van der Waals surface area contributed by atoms with Gasteiger partial charge in [-0.05, 0) is 61.4 Å². The second-order valence-electron chi connectivity index (χ2n) is 7.00. The molecule has 0 aliphatic carbocycles. The highest BCUT2D eigenvalue weighted by molar-refractivity contribution is 6.34. The van der Waals surface area contributed by atoms with Gasteiger partial charge in [-0.15, -0.1) is 0 Å². The molecular formula is C21H18Cl2F3N3O3. The van der Waals surface area contributed by atoms with Crippen molar-refractivity contribution in [1.29, 1.82) is 0 Å². The van der Waals surface area contributed by atoms with Crippen LogP contribution >= 0.6 is 23.2 Å². The van der Waals surface area contributed by atoms with E-state index in [1.54, 1.807) is 13.8 Å². The van der Waals surface area contributed by atoms with Crippen molar-refractivity contribution in [2.45, 2.75) is 25.6 Å². The van der Waals surface area contributed by atoms with E-state index in [4.69, 9.17) is 28.0 Å². The lowest BCUT2D eigenvalue weighted by Crippen LogP contribution is -2.42. The summed E-state index contributed by atoms with van der Waals surface area (Å²) < 4.78 is 42.3. The molecule has 0 saturated heterocycles. The van der Waals surface area contributed by atoms with Gasteiger partial charge in [-0.3, -0.25) is 20.4 Å². The largest absolute Gasteiger partial charge is 0.428 e. The van der Waals surface area contributed by atoms with E-state index in [0.29, 0.717) is 17.7 Å². The number of hydrogen-bond acceptors (Lipinski definition) is 4. The van der Waals surface area contributed by atoms with Gasteiger partial charge in [0.25, 0.3) is 5.91 Å². The lowest BCUT2D eigenvalue weighted by Gasteiger charge is -2.28.